The van der Waals surface area contributed by atoms with Crippen molar-refractivity contribution in [2.75, 3.05) is 37.9 Å². The lowest BCUT2D eigenvalue weighted by atomic mass is 10.3. The van der Waals surface area contributed by atoms with E-state index in [1.165, 1.54) is 0 Å². The zero-order valence-electron chi connectivity index (χ0n) is 8.71. The van der Waals surface area contributed by atoms with Crippen molar-refractivity contribution in [1.82, 2.24) is 4.98 Å². The molecule has 0 fully saturated rings. The first kappa shape index (κ1) is 10.8. The van der Waals surface area contributed by atoms with E-state index in [1.807, 2.05) is 19.2 Å². The van der Waals surface area contributed by atoms with E-state index >= 15 is 0 Å². The number of hydrogen-bond acceptors (Lipinski definition) is 4. The summed E-state index contributed by atoms with van der Waals surface area (Å²) in [5, 5.41) is 6.29. The van der Waals surface area contributed by atoms with Crippen LogP contribution in [-0.2, 0) is 4.74 Å². The van der Waals surface area contributed by atoms with Gasteiger partial charge in [-0.15, -0.1) is 0 Å². The van der Waals surface area contributed by atoms with E-state index in [-0.39, 0.29) is 0 Å². The highest BCUT2D eigenvalue weighted by atomic mass is 16.5. The van der Waals surface area contributed by atoms with E-state index in [4.69, 9.17) is 4.74 Å². The summed E-state index contributed by atoms with van der Waals surface area (Å²) in [5.74, 6) is 0.877. The third-order valence-electron chi connectivity index (χ3n) is 1.87. The number of rotatable bonds is 6. The van der Waals surface area contributed by atoms with E-state index in [2.05, 4.69) is 15.6 Å². The SMILES string of the molecule is CNc1cc(NCCCOC)ccn1. The topological polar surface area (TPSA) is 46.2 Å². The van der Waals surface area contributed by atoms with Crippen molar-refractivity contribution in [2.45, 2.75) is 6.42 Å². The zero-order chi connectivity index (χ0) is 10.2. The maximum atomic E-state index is 4.96. The highest BCUT2D eigenvalue weighted by Crippen LogP contribution is 2.10. The minimum absolute atomic E-state index is 0.789. The molecule has 1 heterocycles. The molecule has 4 nitrogen and oxygen atoms in total. The molecule has 78 valence electrons. The van der Waals surface area contributed by atoms with Gasteiger partial charge in [-0.2, -0.15) is 0 Å². The van der Waals surface area contributed by atoms with Gasteiger partial charge in [0.25, 0.3) is 0 Å². The van der Waals surface area contributed by atoms with Crippen molar-refractivity contribution in [1.29, 1.82) is 0 Å². The molecule has 0 aromatic carbocycles. The average Bonchev–Trinajstić information content (AvgIpc) is 2.25. The smallest absolute Gasteiger partial charge is 0.127 e. The van der Waals surface area contributed by atoms with Gasteiger partial charge in [0, 0.05) is 45.3 Å². The number of ether oxygens (including phenoxy) is 1. The van der Waals surface area contributed by atoms with Crippen molar-refractivity contribution >= 4 is 11.5 Å². The molecular formula is C10H17N3O. The molecule has 0 saturated heterocycles. The Labute approximate surface area is 84.7 Å². The Bertz CT molecular complexity index is 265. The fourth-order valence-electron chi connectivity index (χ4n) is 1.13. The Balaban J connectivity index is 2.34. The number of pyridine rings is 1. The van der Waals surface area contributed by atoms with Crippen molar-refractivity contribution in [3.8, 4) is 0 Å². The normalized spacial score (nSPS) is 9.86. The summed E-state index contributed by atoms with van der Waals surface area (Å²) in [6.45, 7) is 1.71. The van der Waals surface area contributed by atoms with Crippen LogP contribution in [0.5, 0.6) is 0 Å². The Morgan fingerprint density at radius 1 is 1.50 bits per heavy atom. The van der Waals surface area contributed by atoms with Gasteiger partial charge in [-0.25, -0.2) is 4.98 Å². The summed E-state index contributed by atoms with van der Waals surface area (Å²) in [6.07, 6.45) is 2.79. The lowest BCUT2D eigenvalue weighted by Gasteiger charge is -2.06. The summed E-state index contributed by atoms with van der Waals surface area (Å²) in [6, 6.07) is 3.93. The number of nitrogens with one attached hydrogen (secondary N) is 2. The molecule has 0 amide bonds. The van der Waals surface area contributed by atoms with Crippen LogP contribution in [0.1, 0.15) is 6.42 Å². The van der Waals surface area contributed by atoms with Crippen LogP contribution in [0.4, 0.5) is 11.5 Å². The maximum Gasteiger partial charge on any atom is 0.127 e. The van der Waals surface area contributed by atoms with Crippen molar-refractivity contribution in [3.05, 3.63) is 18.3 Å². The second-order valence-corrected chi connectivity index (χ2v) is 2.95. The van der Waals surface area contributed by atoms with Crippen LogP contribution in [0, 0.1) is 0 Å². The van der Waals surface area contributed by atoms with Crippen LogP contribution in [0.25, 0.3) is 0 Å². The van der Waals surface area contributed by atoms with E-state index in [1.54, 1.807) is 13.3 Å². The lowest BCUT2D eigenvalue weighted by molar-refractivity contribution is 0.198. The molecule has 1 aromatic heterocycles. The first-order valence-electron chi connectivity index (χ1n) is 4.73. The molecule has 0 atom stereocenters. The Hall–Kier alpha value is -1.29. The lowest BCUT2D eigenvalue weighted by Crippen LogP contribution is -2.05. The van der Waals surface area contributed by atoms with Crippen molar-refractivity contribution < 1.29 is 4.74 Å². The van der Waals surface area contributed by atoms with Gasteiger partial charge in [0.15, 0.2) is 0 Å². The van der Waals surface area contributed by atoms with E-state index in [0.717, 1.165) is 31.1 Å². The van der Waals surface area contributed by atoms with Crippen LogP contribution in [0.15, 0.2) is 18.3 Å². The monoisotopic (exact) mass is 195 g/mol. The third-order valence-corrected chi connectivity index (χ3v) is 1.87. The minimum Gasteiger partial charge on any atom is -0.385 e. The van der Waals surface area contributed by atoms with Crippen LogP contribution < -0.4 is 10.6 Å². The second kappa shape index (κ2) is 6.21. The van der Waals surface area contributed by atoms with Gasteiger partial charge < -0.3 is 15.4 Å². The molecule has 0 saturated carbocycles. The van der Waals surface area contributed by atoms with Gasteiger partial charge in [-0.1, -0.05) is 0 Å². The largest absolute Gasteiger partial charge is 0.385 e. The molecular weight excluding hydrogens is 178 g/mol. The Morgan fingerprint density at radius 2 is 2.36 bits per heavy atom. The van der Waals surface area contributed by atoms with Crippen molar-refractivity contribution in [2.24, 2.45) is 0 Å². The highest BCUT2D eigenvalue weighted by Gasteiger charge is 1.93. The quantitative estimate of drug-likeness (QED) is 0.676. The zero-order valence-corrected chi connectivity index (χ0v) is 8.71. The Kier molecular flexibility index (Phi) is 4.78. The molecule has 0 unspecified atom stereocenters. The van der Waals surface area contributed by atoms with Gasteiger partial charge in [-0.05, 0) is 12.5 Å². The maximum absolute atomic E-state index is 4.96. The molecule has 0 radical (unpaired) electrons. The fraction of sp³-hybridized carbons (Fsp3) is 0.500. The fourth-order valence-corrected chi connectivity index (χ4v) is 1.13. The van der Waals surface area contributed by atoms with Gasteiger partial charge in [0.1, 0.15) is 5.82 Å². The molecule has 0 aliphatic heterocycles. The molecule has 1 rings (SSSR count). The summed E-state index contributed by atoms with van der Waals surface area (Å²) >= 11 is 0. The standard InChI is InChI=1S/C10H17N3O/c1-11-10-8-9(4-6-13-10)12-5-3-7-14-2/h4,6,8H,3,5,7H2,1-2H3,(H2,11,12,13). The van der Waals surface area contributed by atoms with Crippen LogP contribution in [-0.4, -0.2) is 32.3 Å². The molecule has 0 aliphatic rings. The van der Waals surface area contributed by atoms with Crippen LogP contribution in [0.2, 0.25) is 0 Å². The first-order valence-corrected chi connectivity index (χ1v) is 4.73. The van der Waals surface area contributed by atoms with Gasteiger partial charge in [0.05, 0.1) is 0 Å². The molecule has 0 bridgehead atoms. The molecule has 2 N–H and O–H groups in total. The molecule has 0 aliphatic carbocycles. The number of anilines is 2. The summed E-state index contributed by atoms with van der Waals surface area (Å²) in [7, 11) is 3.57. The molecule has 14 heavy (non-hydrogen) atoms. The first-order chi connectivity index (χ1) is 6.86. The van der Waals surface area contributed by atoms with E-state index in [9.17, 15) is 0 Å². The summed E-state index contributed by atoms with van der Waals surface area (Å²) in [5.41, 5.74) is 1.08. The summed E-state index contributed by atoms with van der Waals surface area (Å²) in [4.78, 5) is 4.13. The predicted molar refractivity (Wildman–Crippen MR) is 58.8 cm³/mol. The molecule has 0 spiro atoms. The second-order valence-electron chi connectivity index (χ2n) is 2.95. The third kappa shape index (κ3) is 3.62. The highest BCUT2D eigenvalue weighted by molar-refractivity contribution is 5.51. The van der Waals surface area contributed by atoms with E-state index < -0.39 is 0 Å². The Morgan fingerprint density at radius 3 is 3.07 bits per heavy atom. The van der Waals surface area contributed by atoms with Gasteiger partial charge in [0.2, 0.25) is 0 Å². The number of nitrogens with zero attached hydrogens (tertiary/aromatic N) is 1. The van der Waals surface area contributed by atoms with E-state index in [0.29, 0.717) is 0 Å². The van der Waals surface area contributed by atoms with Gasteiger partial charge >= 0.3 is 0 Å². The van der Waals surface area contributed by atoms with Crippen LogP contribution >= 0.6 is 0 Å². The number of methoxy groups -OCH3 is 1. The number of hydrogen-bond donors (Lipinski definition) is 2. The average molecular weight is 195 g/mol. The predicted octanol–water partition coefficient (Wildman–Crippen LogP) is 1.57. The van der Waals surface area contributed by atoms with Crippen molar-refractivity contribution in [3.63, 3.8) is 0 Å². The molecule has 1 aromatic rings. The number of aromatic nitrogens is 1. The minimum atomic E-state index is 0.789. The molecule has 4 heteroatoms. The summed E-state index contributed by atoms with van der Waals surface area (Å²) < 4.78 is 4.96. The van der Waals surface area contributed by atoms with Crippen LogP contribution in [0.3, 0.4) is 0 Å². The van der Waals surface area contributed by atoms with Gasteiger partial charge in [-0.3, -0.25) is 0 Å².